The van der Waals surface area contributed by atoms with E-state index in [1.807, 2.05) is 0 Å². The van der Waals surface area contributed by atoms with E-state index in [4.69, 9.17) is 24.3 Å². The zero-order valence-corrected chi connectivity index (χ0v) is 56.0. The molecule has 0 bridgehead atoms. The summed E-state index contributed by atoms with van der Waals surface area (Å²) in [6.07, 6.45) is 96.1. The van der Waals surface area contributed by atoms with Crippen LogP contribution in [0.15, 0.2) is 109 Å². The molecule has 0 fully saturated rings. The van der Waals surface area contributed by atoms with Crippen LogP contribution in [-0.4, -0.2) is 49.3 Å². The fourth-order valence-corrected chi connectivity index (χ4v) is 10.7. The lowest BCUT2D eigenvalue weighted by Gasteiger charge is -2.19. The van der Waals surface area contributed by atoms with Crippen LogP contribution in [0.25, 0.3) is 0 Å². The monoisotopic (exact) mass is 1210 g/mol. The van der Waals surface area contributed by atoms with E-state index in [1.165, 1.54) is 199 Å². The van der Waals surface area contributed by atoms with Crippen LogP contribution < -0.4 is 5.73 Å². The number of hydrogen-bond acceptors (Lipinski definition) is 8. The maximum Gasteiger partial charge on any atom is 0.472 e. The Morgan fingerprint density at radius 2 is 0.647 bits per heavy atom. The summed E-state index contributed by atoms with van der Waals surface area (Å²) in [7, 11) is -4.40. The van der Waals surface area contributed by atoms with E-state index in [-0.39, 0.29) is 38.6 Å². The van der Waals surface area contributed by atoms with E-state index in [9.17, 15) is 19.0 Å². The van der Waals surface area contributed by atoms with Gasteiger partial charge in [-0.25, -0.2) is 4.57 Å². The topological polar surface area (TPSA) is 134 Å². The van der Waals surface area contributed by atoms with Gasteiger partial charge < -0.3 is 20.1 Å². The third-order valence-corrected chi connectivity index (χ3v) is 16.1. The maximum absolute atomic E-state index is 12.8. The normalized spacial score (nSPS) is 13.6. The Morgan fingerprint density at radius 3 is 0.965 bits per heavy atom. The lowest BCUT2D eigenvalue weighted by Crippen LogP contribution is -2.29. The van der Waals surface area contributed by atoms with Crippen molar-refractivity contribution < 1.29 is 37.6 Å². The Morgan fingerprint density at radius 1 is 0.365 bits per heavy atom. The van der Waals surface area contributed by atoms with E-state index in [0.29, 0.717) is 6.42 Å². The van der Waals surface area contributed by atoms with Gasteiger partial charge in [0.25, 0.3) is 0 Å². The standard InChI is InChI=1S/C75H132NO8P/c1-3-5-7-9-11-13-15-17-19-21-23-25-27-29-31-33-35-36-38-39-41-43-45-47-49-51-53-55-57-59-61-63-65-67-74(77)81-71-73(72-83-85(79,80)82-70-69-76)84-75(78)68-66-64-62-60-58-56-54-52-50-48-46-44-42-40-37-34-32-30-28-26-24-22-20-18-16-14-12-10-8-6-4-2/h6,8,12,14-15,17-18,20-21,23-24,26-27,29-30,32,37,40,73H,3-5,7,9-11,13,16,19,22,25,28,31,33-36,38-39,41-72,76H2,1-2H3,(H,79,80)/b8-6-,14-12-,17-15-,20-18-,23-21-,26-24-,29-27-,32-30-,40-37-. The molecule has 490 valence electrons. The van der Waals surface area contributed by atoms with E-state index in [1.54, 1.807) is 0 Å². The number of nitrogens with two attached hydrogens (primary N) is 1. The Hall–Kier alpha value is -3.33. The van der Waals surface area contributed by atoms with Crippen LogP contribution in [0.5, 0.6) is 0 Å². The Labute approximate surface area is 524 Å². The molecule has 0 amide bonds. The second kappa shape index (κ2) is 69.8. The number of unbranched alkanes of at least 4 members (excludes halogenated alkanes) is 35. The van der Waals surface area contributed by atoms with Gasteiger partial charge in [-0.3, -0.25) is 18.6 Å². The first-order chi connectivity index (χ1) is 41.8. The molecular formula is C75H132NO8P. The minimum Gasteiger partial charge on any atom is -0.462 e. The lowest BCUT2D eigenvalue weighted by molar-refractivity contribution is -0.161. The minimum absolute atomic E-state index is 0.0500. The van der Waals surface area contributed by atoms with Crippen molar-refractivity contribution in [3.63, 3.8) is 0 Å². The number of carbonyl (C=O) groups excluding carboxylic acids is 2. The van der Waals surface area contributed by atoms with E-state index < -0.39 is 26.5 Å². The van der Waals surface area contributed by atoms with Gasteiger partial charge in [-0.1, -0.05) is 316 Å². The zero-order chi connectivity index (χ0) is 61.6. The van der Waals surface area contributed by atoms with Gasteiger partial charge in [0, 0.05) is 19.4 Å². The molecule has 0 rings (SSSR count). The van der Waals surface area contributed by atoms with Gasteiger partial charge in [0.15, 0.2) is 6.10 Å². The van der Waals surface area contributed by atoms with Crippen LogP contribution >= 0.6 is 7.82 Å². The van der Waals surface area contributed by atoms with E-state index in [2.05, 4.69) is 123 Å². The number of rotatable bonds is 66. The summed E-state index contributed by atoms with van der Waals surface area (Å²) in [5, 5.41) is 0. The van der Waals surface area contributed by atoms with E-state index in [0.717, 1.165) is 89.9 Å². The van der Waals surface area contributed by atoms with Gasteiger partial charge in [0.2, 0.25) is 0 Å². The third-order valence-electron chi connectivity index (χ3n) is 15.1. The summed E-state index contributed by atoms with van der Waals surface area (Å²) in [6.45, 7) is 3.65. The molecule has 0 aromatic rings. The number of carbonyl (C=O) groups is 2. The minimum atomic E-state index is -4.40. The zero-order valence-electron chi connectivity index (χ0n) is 55.1. The molecule has 2 atom stereocenters. The number of phosphoric ester groups is 1. The Kier molecular flexibility index (Phi) is 67.0. The SMILES string of the molecule is CC/C=C\C/C=C\C/C=C\C/C=C\C/C=C\C/C=C\CCCCCCCCCCCCCCC(=O)OC(COC(=O)CCCCCCCCCCCCCCCCCCCC/C=C\C/C=C\C/C=C\CCCCCCC)COP(=O)(O)OCCN. The Bertz CT molecular complexity index is 1760. The molecule has 0 aromatic heterocycles. The molecule has 0 spiro atoms. The molecule has 0 aliphatic carbocycles. The number of hydrogen-bond donors (Lipinski definition) is 2. The van der Waals surface area contributed by atoms with Crippen LogP contribution in [0.3, 0.4) is 0 Å². The van der Waals surface area contributed by atoms with Crippen molar-refractivity contribution in [1.82, 2.24) is 0 Å². The predicted octanol–water partition coefficient (Wildman–Crippen LogP) is 23.3. The number of phosphoric acid groups is 1. The third kappa shape index (κ3) is 69.6. The first kappa shape index (κ1) is 81.7. The molecule has 9 nitrogen and oxygen atoms in total. The second-order valence-electron chi connectivity index (χ2n) is 23.4. The highest BCUT2D eigenvalue weighted by atomic mass is 31.2. The summed E-state index contributed by atoms with van der Waals surface area (Å²) < 4.78 is 33.2. The summed E-state index contributed by atoms with van der Waals surface area (Å²) >= 11 is 0. The highest BCUT2D eigenvalue weighted by molar-refractivity contribution is 7.47. The summed E-state index contributed by atoms with van der Waals surface area (Å²) in [5.41, 5.74) is 5.40. The highest BCUT2D eigenvalue weighted by Crippen LogP contribution is 2.43. The van der Waals surface area contributed by atoms with Crippen LogP contribution in [-0.2, 0) is 32.7 Å². The van der Waals surface area contributed by atoms with Crippen molar-refractivity contribution in [2.75, 3.05) is 26.4 Å². The molecule has 0 saturated heterocycles. The second-order valence-corrected chi connectivity index (χ2v) is 24.8. The first-order valence-corrected chi connectivity index (χ1v) is 36.9. The molecule has 3 N–H and O–H groups in total. The van der Waals surface area contributed by atoms with Crippen LogP contribution in [0.1, 0.15) is 322 Å². The smallest absolute Gasteiger partial charge is 0.462 e. The molecule has 85 heavy (non-hydrogen) atoms. The molecule has 0 heterocycles. The van der Waals surface area contributed by atoms with Crippen molar-refractivity contribution in [2.24, 2.45) is 5.73 Å². The van der Waals surface area contributed by atoms with Crippen molar-refractivity contribution in [1.29, 1.82) is 0 Å². The quantitative estimate of drug-likeness (QED) is 0.0264. The van der Waals surface area contributed by atoms with Crippen molar-refractivity contribution in [3.05, 3.63) is 109 Å². The first-order valence-electron chi connectivity index (χ1n) is 35.4. The largest absolute Gasteiger partial charge is 0.472 e. The molecular weight excluding hydrogens is 1070 g/mol. The number of esters is 2. The van der Waals surface area contributed by atoms with Crippen LogP contribution in [0.2, 0.25) is 0 Å². The molecule has 0 aliphatic heterocycles. The van der Waals surface area contributed by atoms with Crippen molar-refractivity contribution >= 4 is 19.8 Å². The van der Waals surface area contributed by atoms with Gasteiger partial charge in [-0.2, -0.15) is 0 Å². The van der Waals surface area contributed by atoms with Crippen molar-refractivity contribution in [2.45, 2.75) is 328 Å². The van der Waals surface area contributed by atoms with Gasteiger partial charge in [-0.15, -0.1) is 0 Å². The summed E-state index contributed by atoms with van der Waals surface area (Å²) in [6, 6.07) is 0. The molecule has 2 unspecified atom stereocenters. The van der Waals surface area contributed by atoms with E-state index >= 15 is 0 Å². The fourth-order valence-electron chi connectivity index (χ4n) is 9.94. The number of allylic oxidation sites excluding steroid dienone is 18. The summed E-state index contributed by atoms with van der Waals surface area (Å²) in [5.74, 6) is -0.823. The fraction of sp³-hybridized carbons (Fsp3) is 0.733. The molecule has 0 saturated carbocycles. The Balaban J connectivity index is 3.88. The average molecular weight is 1210 g/mol. The molecule has 0 aromatic carbocycles. The maximum atomic E-state index is 12.8. The number of ether oxygens (including phenoxy) is 2. The molecule has 0 aliphatic rings. The molecule has 10 heteroatoms. The van der Waals surface area contributed by atoms with Crippen LogP contribution in [0, 0.1) is 0 Å². The van der Waals surface area contributed by atoms with Gasteiger partial charge in [-0.05, 0) is 103 Å². The predicted molar refractivity (Wildman–Crippen MR) is 367 cm³/mol. The summed E-state index contributed by atoms with van der Waals surface area (Å²) in [4.78, 5) is 35.4. The molecule has 0 radical (unpaired) electrons. The van der Waals surface area contributed by atoms with Gasteiger partial charge >= 0.3 is 19.8 Å². The highest BCUT2D eigenvalue weighted by Gasteiger charge is 2.26. The van der Waals surface area contributed by atoms with Gasteiger partial charge in [0.05, 0.1) is 13.2 Å². The average Bonchev–Trinajstić information content (AvgIpc) is 3.52. The van der Waals surface area contributed by atoms with Crippen molar-refractivity contribution in [3.8, 4) is 0 Å². The van der Waals surface area contributed by atoms with Gasteiger partial charge in [0.1, 0.15) is 6.61 Å². The lowest BCUT2D eigenvalue weighted by atomic mass is 10.0. The van der Waals surface area contributed by atoms with Crippen LogP contribution in [0.4, 0.5) is 0 Å².